The highest BCUT2D eigenvalue weighted by atomic mass is 35.5. The molecule has 0 unspecified atom stereocenters. The highest BCUT2D eigenvalue weighted by molar-refractivity contribution is 7.82. The van der Waals surface area contributed by atoms with Gasteiger partial charge in [-0.05, 0) is 42.5 Å². The van der Waals surface area contributed by atoms with Crippen molar-refractivity contribution in [1.29, 1.82) is 0 Å². The summed E-state index contributed by atoms with van der Waals surface area (Å²) < 4.78 is 14.1. The number of carbonyl (C=O) groups excluding carboxylic acids is 2. The monoisotopic (exact) mass is 339 g/mol. The third kappa shape index (κ3) is 3.69. The van der Waals surface area contributed by atoms with Crippen LogP contribution in [0.15, 0.2) is 42.5 Å². The van der Waals surface area contributed by atoms with Crippen molar-refractivity contribution in [2.45, 2.75) is 0 Å². The summed E-state index contributed by atoms with van der Waals surface area (Å²) in [5, 5.41) is 2.41. The van der Waals surface area contributed by atoms with Crippen LogP contribution in [-0.4, -0.2) is 11.9 Å². The van der Waals surface area contributed by atoms with E-state index in [-0.39, 0.29) is 5.02 Å². The molecule has 8 heteroatoms. The predicted molar refractivity (Wildman–Crippen MR) is 86.9 cm³/mol. The first-order chi connectivity index (χ1) is 10.4. The van der Waals surface area contributed by atoms with Crippen molar-refractivity contribution >= 4 is 47.7 Å². The Hall–Kier alpha value is -2.25. The first kappa shape index (κ1) is 16.1. The molecule has 114 valence electrons. The third-order valence-corrected chi connectivity index (χ3v) is 3.46. The zero-order valence-electron chi connectivity index (χ0n) is 11.1. The molecule has 2 aromatic carbocycles. The van der Waals surface area contributed by atoms with Crippen LogP contribution in [0.3, 0.4) is 0 Å². The first-order valence-corrected chi connectivity index (χ1v) is 6.81. The second-order valence-electron chi connectivity index (χ2n) is 4.28. The summed E-state index contributed by atoms with van der Waals surface area (Å²) in [4.78, 5) is 23.0. The van der Waals surface area contributed by atoms with Crippen molar-refractivity contribution in [3.05, 3.63) is 58.9 Å². The number of nitrogens with one attached hydrogen (secondary N) is 1. The summed E-state index contributed by atoms with van der Waals surface area (Å²) in [6.45, 7) is 0. The number of anilines is 2. The molecule has 0 aliphatic heterocycles. The molecule has 0 radical (unpaired) electrons. The Morgan fingerprint density at radius 1 is 1.18 bits per heavy atom. The molecule has 3 N–H and O–H groups in total. The van der Waals surface area contributed by atoms with Crippen LogP contribution in [0.5, 0.6) is 0 Å². The lowest BCUT2D eigenvalue weighted by atomic mass is 10.2. The maximum atomic E-state index is 13.1. The molecule has 0 spiro atoms. The second kappa shape index (κ2) is 6.67. The number of amides is 3. The van der Waals surface area contributed by atoms with Gasteiger partial charge in [0.25, 0.3) is 0 Å². The van der Waals surface area contributed by atoms with Crippen LogP contribution in [-0.2, 0) is 0 Å². The molecule has 5 nitrogen and oxygen atoms in total. The van der Waals surface area contributed by atoms with E-state index in [9.17, 15) is 14.0 Å². The molecular formula is C14H11ClFN3O2S. The Morgan fingerprint density at radius 3 is 2.36 bits per heavy atom. The van der Waals surface area contributed by atoms with E-state index in [2.05, 4.69) is 18.1 Å². The van der Waals surface area contributed by atoms with Crippen LogP contribution in [0.4, 0.5) is 20.6 Å². The molecule has 0 heterocycles. The maximum Gasteiger partial charge on any atom is 0.336 e. The zero-order valence-corrected chi connectivity index (χ0v) is 12.7. The minimum Gasteiger partial charge on any atom is -0.366 e. The molecule has 0 fully saturated rings. The molecule has 22 heavy (non-hydrogen) atoms. The SMILES string of the molecule is NC(=O)c1ccc(N(S)C(=O)Nc2ccc(F)c(Cl)c2)cc1. The minimum atomic E-state index is -0.579. The first-order valence-electron chi connectivity index (χ1n) is 6.03. The normalized spacial score (nSPS) is 10.1. The smallest absolute Gasteiger partial charge is 0.336 e. The van der Waals surface area contributed by atoms with Crippen molar-refractivity contribution < 1.29 is 14.0 Å². The summed E-state index contributed by atoms with van der Waals surface area (Å²) in [6.07, 6.45) is 0. The standard InChI is InChI=1S/C14H11ClFN3O2S/c15-11-7-9(3-6-12(11)16)18-14(21)19(22)10-4-1-8(2-5-10)13(17)20/h1-7,22H,(H2,17,20)(H,18,21). The number of thiol groups is 1. The molecule has 0 aromatic heterocycles. The fourth-order valence-corrected chi connectivity index (χ4v) is 2.00. The lowest BCUT2D eigenvalue weighted by Crippen LogP contribution is -2.26. The largest absolute Gasteiger partial charge is 0.366 e. The number of carbonyl (C=O) groups is 2. The van der Waals surface area contributed by atoms with Crippen molar-refractivity contribution in [3.63, 3.8) is 0 Å². The lowest BCUT2D eigenvalue weighted by Gasteiger charge is -2.17. The van der Waals surface area contributed by atoms with E-state index in [1.807, 2.05) is 0 Å². The zero-order chi connectivity index (χ0) is 16.3. The number of benzene rings is 2. The Morgan fingerprint density at radius 2 is 1.82 bits per heavy atom. The van der Waals surface area contributed by atoms with Gasteiger partial charge in [-0.25, -0.2) is 13.5 Å². The number of hydrogen-bond donors (Lipinski definition) is 3. The van der Waals surface area contributed by atoms with Crippen LogP contribution in [0, 0.1) is 5.82 Å². The molecule has 0 bridgehead atoms. The van der Waals surface area contributed by atoms with E-state index in [1.165, 1.54) is 36.4 Å². The molecule has 0 aliphatic rings. The molecule has 2 aromatic rings. The highest BCUT2D eigenvalue weighted by Crippen LogP contribution is 2.22. The molecule has 0 aliphatic carbocycles. The number of nitrogens with two attached hydrogens (primary N) is 1. The van der Waals surface area contributed by atoms with Crippen molar-refractivity contribution in [2.75, 3.05) is 9.62 Å². The Balaban J connectivity index is 2.11. The number of halogens is 2. The van der Waals surface area contributed by atoms with E-state index in [4.69, 9.17) is 17.3 Å². The average molecular weight is 340 g/mol. The van der Waals surface area contributed by atoms with E-state index in [0.717, 1.165) is 10.4 Å². The third-order valence-electron chi connectivity index (χ3n) is 2.76. The van der Waals surface area contributed by atoms with Crippen molar-refractivity contribution in [2.24, 2.45) is 5.73 Å². The Bertz CT molecular complexity index is 725. The number of nitrogens with zero attached hydrogens (tertiary/aromatic N) is 1. The van der Waals surface area contributed by atoms with Gasteiger partial charge in [-0.2, -0.15) is 0 Å². The molecule has 0 atom stereocenters. The molecule has 0 saturated carbocycles. The quantitative estimate of drug-likeness (QED) is 0.749. The second-order valence-corrected chi connectivity index (χ2v) is 5.09. The van der Waals surface area contributed by atoms with Gasteiger partial charge in [0, 0.05) is 11.3 Å². The van der Waals surface area contributed by atoms with Crippen molar-refractivity contribution in [3.8, 4) is 0 Å². The van der Waals surface area contributed by atoms with Gasteiger partial charge in [0.2, 0.25) is 5.91 Å². The van der Waals surface area contributed by atoms with Gasteiger partial charge in [-0.15, -0.1) is 0 Å². The summed E-state index contributed by atoms with van der Waals surface area (Å²) in [7, 11) is 0. The van der Waals surface area contributed by atoms with Gasteiger partial charge in [-0.3, -0.25) is 4.79 Å². The van der Waals surface area contributed by atoms with E-state index >= 15 is 0 Å². The van der Waals surface area contributed by atoms with Crippen molar-refractivity contribution in [1.82, 2.24) is 0 Å². The number of hydrogen-bond acceptors (Lipinski definition) is 3. The van der Waals surface area contributed by atoms with Gasteiger partial charge in [-0.1, -0.05) is 24.4 Å². The maximum absolute atomic E-state index is 13.1. The Kier molecular flexibility index (Phi) is 4.89. The summed E-state index contributed by atoms with van der Waals surface area (Å²) in [5.41, 5.74) is 6.20. The predicted octanol–water partition coefficient (Wildman–Crippen LogP) is 3.46. The van der Waals surface area contributed by atoms with Gasteiger partial charge in [0.05, 0.1) is 10.7 Å². The summed E-state index contributed by atoms with van der Waals surface area (Å²) in [6, 6.07) is 9.21. The fourth-order valence-electron chi connectivity index (χ4n) is 1.63. The van der Waals surface area contributed by atoms with Crippen LogP contribution >= 0.6 is 24.4 Å². The molecular weight excluding hydrogens is 329 g/mol. The lowest BCUT2D eigenvalue weighted by molar-refractivity contribution is 0.100. The van der Waals surface area contributed by atoms with Gasteiger partial charge in [0.15, 0.2) is 0 Å². The number of rotatable bonds is 3. The topological polar surface area (TPSA) is 75.4 Å². The van der Waals surface area contributed by atoms with Crippen LogP contribution in [0.25, 0.3) is 0 Å². The van der Waals surface area contributed by atoms with E-state index in [1.54, 1.807) is 0 Å². The van der Waals surface area contributed by atoms with Gasteiger partial charge < -0.3 is 11.1 Å². The van der Waals surface area contributed by atoms with E-state index in [0.29, 0.717) is 16.9 Å². The fraction of sp³-hybridized carbons (Fsp3) is 0. The van der Waals surface area contributed by atoms with E-state index < -0.39 is 17.8 Å². The summed E-state index contributed by atoms with van der Waals surface area (Å²) in [5.74, 6) is -1.15. The Labute approximate surface area is 136 Å². The van der Waals surface area contributed by atoms with Gasteiger partial charge >= 0.3 is 6.03 Å². The van der Waals surface area contributed by atoms with Crippen LogP contribution in [0.1, 0.15) is 10.4 Å². The summed E-state index contributed by atoms with van der Waals surface area (Å²) >= 11 is 9.71. The molecule has 3 amide bonds. The van der Waals surface area contributed by atoms with Crippen LogP contribution in [0.2, 0.25) is 5.02 Å². The van der Waals surface area contributed by atoms with Gasteiger partial charge in [0.1, 0.15) is 5.82 Å². The minimum absolute atomic E-state index is 0.102. The highest BCUT2D eigenvalue weighted by Gasteiger charge is 2.13. The number of primary amides is 1. The van der Waals surface area contributed by atoms with Crippen LogP contribution < -0.4 is 15.4 Å². The number of urea groups is 1. The average Bonchev–Trinajstić information content (AvgIpc) is 2.50. The molecule has 2 rings (SSSR count). The molecule has 0 saturated heterocycles.